The maximum atomic E-state index is 11.7. The standard InChI is InChI=1S/C9H12N2OS2/c1-5-3-14-9-7(5)13-4-6(10)8(12)11(9)2/h3,6H,4,10H2,1-2H3/t6-/m0/s1. The predicted molar refractivity (Wildman–Crippen MR) is 61.2 cm³/mol. The molecule has 1 aromatic heterocycles. The molecule has 2 rings (SSSR count). The highest BCUT2D eigenvalue weighted by molar-refractivity contribution is 7.99. The normalized spacial score (nSPS) is 22.1. The Morgan fingerprint density at radius 1 is 1.64 bits per heavy atom. The number of aryl methyl sites for hydroxylation is 1. The quantitative estimate of drug-likeness (QED) is 0.731. The molecule has 0 radical (unpaired) electrons. The number of nitrogens with two attached hydrogens (primary N) is 1. The van der Waals surface area contributed by atoms with Crippen molar-refractivity contribution >= 4 is 34.0 Å². The van der Waals surface area contributed by atoms with Crippen LogP contribution in [-0.2, 0) is 4.79 Å². The molecular formula is C9H12N2OS2. The first-order chi connectivity index (χ1) is 6.61. The van der Waals surface area contributed by atoms with Gasteiger partial charge in [-0.15, -0.1) is 23.1 Å². The highest BCUT2D eigenvalue weighted by Gasteiger charge is 2.27. The second kappa shape index (κ2) is 3.56. The molecule has 1 amide bonds. The van der Waals surface area contributed by atoms with Crippen molar-refractivity contribution in [2.45, 2.75) is 17.9 Å². The van der Waals surface area contributed by atoms with E-state index >= 15 is 0 Å². The number of hydrogen-bond donors (Lipinski definition) is 1. The van der Waals surface area contributed by atoms with Crippen molar-refractivity contribution in [3.8, 4) is 0 Å². The Morgan fingerprint density at radius 2 is 2.36 bits per heavy atom. The van der Waals surface area contributed by atoms with Crippen LogP contribution in [0.5, 0.6) is 0 Å². The molecule has 1 aliphatic heterocycles. The zero-order chi connectivity index (χ0) is 10.3. The largest absolute Gasteiger partial charge is 0.319 e. The van der Waals surface area contributed by atoms with Crippen molar-refractivity contribution in [2.24, 2.45) is 5.73 Å². The lowest BCUT2D eigenvalue weighted by Gasteiger charge is -2.16. The van der Waals surface area contributed by atoms with Crippen LogP contribution in [0.4, 0.5) is 5.00 Å². The molecule has 0 unspecified atom stereocenters. The summed E-state index contributed by atoms with van der Waals surface area (Å²) in [6.07, 6.45) is 0. The summed E-state index contributed by atoms with van der Waals surface area (Å²) in [4.78, 5) is 14.6. The third-order valence-electron chi connectivity index (χ3n) is 2.26. The van der Waals surface area contributed by atoms with Gasteiger partial charge in [0.2, 0.25) is 5.91 Å². The van der Waals surface area contributed by atoms with Gasteiger partial charge in [-0.25, -0.2) is 0 Å². The third kappa shape index (κ3) is 1.45. The van der Waals surface area contributed by atoms with Crippen molar-refractivity contribution in [1.29, 1.82) is 0 Å². The third-order valence-corrected chi connectivity index (χ3v) is 4.89. The number of thiophene rings is 1. The highest BCUT2D eigenvalue weighted by atomic mass is 32.2. The number of hydrogen-bond acceptors (Lipinski definition) is 4. The number of fused-ring (bicyclic) bond motifs is 1. The second-order valence-electron chi connectivity index (χ2n) is 3.37. The average Bonchev–Trinajstić information content (AvgIpc) is 2.49. The molecule has 1 aliphatic rings. The molecule has 3 nitrogen and oxygen atoms in total. The Bertz CT molecular complexity index is 375. The van der Waals surface area contributed by atoms with Gasteiger partial charge in [-0.3, -0.25) is 4.79 Å². The van der Waals surface area contributed by atoms with Gasteiger partial charge in [0.05, 0.1) is 6.04 Å². The van der Waals surface area contributed by atoms with Crippen LogP contribution in [0.1, 0.15) is 5.56 Å². The van der Waals surface area contributed by atoms with E-state index in [4.69, 9.17) is 5.73 Å². The number of amides is 1. The van der Waals surface area contributed by atoms with Gasteiger partial charge in [0.25, 0.3) is 0 Å². The second-order valence-corrected chi connectivity index (χ2v) is 5.26. The fourth-order valence-electron chi connectivity index (χ4n) is 1.42. The molecule has 0 fully saturated rings. The van der Waals surface area contributed by atoms with Crippen molar-refractivity contribution in [2.75, 3.05) is 17.7 Å². The summed E-state index contributed by atoms with van der Waals surface area (Å²) in [5.41, 5.74) is 6.99. The number of thioether (sulfide) groups is 1. The van der Waals surface area contributed by atoms with E-state index in [2.05, 4.69) is 12.3 Å². The molecule has 2 N–H and O–H groups in total. The van der Waals surface area contributed by atoms with Crippen LogP contribution < -0.4 is 10.6 Å². The zero-order valence-corrected chi connectivity index (χ0v) is 9.74. The first-order valence-electron chi connectivity index (χ1n) is 4.35. The Hall–Kier alpha value is -0.520. The van der Waals surface area contributed by atoms with Crippen molar-refractivity contribution in [1.82, 2.24) is 0 Å². The van der Waals surface area contributed by atoms with Crippen molar-refractivity contribution in [3.63, 3.8) is 0 Å². The van der Waals surface area contributed by atoms with Gasteiger partial charge in [-0.1, -0.05) is 0 Å². The number of carbonyl (C=O) groups is 1. The number of likely N-dealkylation sites (N-methyl/N-ethyl adjacent to an activating group) is 1. The van der Waals surface area contributed by atoms with Gasteiger partial charge < -0.3 is 10.6 Å². The van der Waals surface area contributed by atoms with E-state index in [-0.39, 0.29) is 11.9 Å². The summed E-state index contributed by atoms with van der Waals surface area (Å²) in [6.45, 7) is 2.07. The van der Waals surface area contributed by atoms with Gasteiger partial charge in [0.15, 0.2) is 0 Å². The number of rotatable bonds is 0. The summed E-state index contributed by atoms with van der Waals surface area (Å²) in [5, 5.41) is 3.11. The molecular weight excluding hydrogens is 216 g/mol. The molecule has 0 spiro atoms. The van der Waals surface area contributed by atoms with E-state index < -0.39 is 0 Å². The van der Waals surface area contributed by atoms with Gasteiger partial charge in [0, 0.05) is 17.7 Å². The van der Waals surface area contributed by atoms with Crippen LogP contribution in [-0.4, -0.2) is 24.7 Å². The molecule has 5 heteroatoms. The molecule has 0 aliphatic carbocycles. The molecule has 0 saturated carbocycles. The first-order valence-corrected chi connectivity index (χ1v) is 6.22. The van der Waals surface area contributed by atoms with Crippen LogP contribution in [0, 0.1) is 6.92 Å². The molecule has 76 valence electrons. The van der Waals surface area contributed by atoms with E-state index in [1.54, 1.807) is 35.0 Å². The molecule has 1 atom stereocenters. The highest BCUT2D eigenvalue weighted by Crippen LogP contribution is 2.40. The average molecular weight is 228 g/mol. The molecule has 1 aromatic rings. The minimum absolute atomic E-state index is 0.0121. The lowest BCUT2D eigenvalue weighted by molar-refractivity contribution is -0.119. The van der Waals surface area contributed by atoms with Crippen LogP contribution in [0.25, 0.3) is 0 Å². The Labute approximate surface area is 91.3 Å². The summed E-state index contributed by atoms with van der Waals surface area (Å²) in [7, 11) is 1.79. The SMILES string of the molecule is Cc1csc2c1SC[C@H](N)C(=O)N2C. The van der Waals surface area contributed by atoms with Gasteiger partial charge in [0.1, 0.15) is 5.00 Å². The molecule has 0 bridgehead atoms. The number of carbonyl (C=O) groups excluding carboxylic acids is 1. The number of nitrogens with zero attached hydrogens (tertiary/aromatic N) is 1. The van der Waals surface area contributed by atoms with Crippen LogP contribution >= 0.6 is 23.1 Å². The summed E-state index contributed by atoms with van der Waals surface area (Å²) >= 11 is 3.29. The monoisotopic (exact) mass is 228 g/mol. The molecule has 2 heterocycles. The molecule has 0 aromatic carbocycles. The summed E-state index contributed by atoms with van der Waals surface area (Å²) < 4.78 is 0. The zero-order valence-electron chi connectivity index (χ0n) is 8.11. The van der Waals surface area contributed by atoms with Crippen LogP contribution in [0.2, 0.25) is 0 Å². The maximum absolute atomic E-state index is 11.7. The fraction of sp³-hybridized carbons (Fsp3) is 0.444. The van der Waals surface area contributed by atoms with E-state index in [9.17, 15) is 4.79 Å². The Kier molecular flexibility index (Phi) is 2.55. The summed E-state index contributed by atoms with van der Waals surface area (Å²) in [6, 6.07) is -0.371. The van der Waals surface area contributed by atoms with E-state index in [0.717, 1.165) is 5.00 Å². The Morgan fingerprint density at radius 3 is 3.07 bits per heavy atom. The maximum Gasteiger partial charge on any atom is 0.245 e. The topological polar surface area (TPSA) is 46.3 Å². The fourth-order valence-corrected chi connectivity index (χ4v) is 3.77. The summed E-state index contributed by atoms with van der Waals surface area (Å²) in [5.74, 6) is 0.686. The Balaban J connectivity index is 2.45. The first kappa shape index (κ1) is 10.0. The van der Waals surface area contributed by atoms with Gasteiger partial charge in [-0.05, 0) is 17.9 Å². The van der Waals surface area contributed by atoms with Gasteiger partial charge in [-0.2, -0.15) is 0 Å². The van der Waals surface area contributed by atoms with Crippen LogP contribution in [0.15, 0.2) is 10.3 Å². The number of anilines is 1. The lowest BCUT2D eigenvalue weighted by atomic mass is 10.3. The molecule has 14 heavy (non-hydrogen) atoms. The van der Waals surface area contributed by atoms with Crippen molar-refractivity contribution in [3.05, 3.63) is 10.9 Å². The van der Waals surface area contributed by atoms with E-state index in [0.29, 0.717) is 5.75 Å². The minimum Gasteiger partial charge on any atom is -0.319 e. The van der Waals surface area contributed by atoms with E-state index in [1.807, 2.05) is 0 Å². The van der Waals surface area contributed by atoms with Crippen molar-refractivity contribution < 1.29 is 4.79 Å². The minimum atomic E-state index is -0.371. The van der Waals surface area contributed by atoms with E-state index in [1.165, 1.54) is 10.5 Å². The van der Waals surface area contributed by atoms with Gasteiger partial charge >= 0.3 is 0 Å². The smallest absolute Gasteiger partial charge is 0.245 e. The predicted octanol–water partition coefficient (Wildman–Crippen LogP) is 1.45. The van der Waals surface area contributed by atoms with Crippen LogP contribution in [0.3, 0.4) is 0 Å². The lowest BCUT2D eigenvalue weighted by Crippen LogP contribution is -2.42. The molecule has 0 saturated heterocycles.